The first-order valence-corrected chi connectivity index (χ1v) is 6.61. The first-order chi connectivity index (χ1) is 7.65. The minimum Gasteiger partial charge on any atom is -0.493 e. The fraction of sp³-hybridized carbons (Fsp3) is 0.700. The lowest BCUT2D eigenvalue weighted by Gasteiger charge is -2.19. The number of hydrogen-bond acceptors (Lipinski definition) is 5. The summed E-state index contributed by atoms with van der Waals surface area (Å²) in [7, 11) is 1.65. The molecule has 1 aromatic heterocycles. The number of hydrogen-bond donors (Lipinski definition) is 2. The zero-order valence-electron chi connectivity index (χ0n) is 10.2. The van der Waals surface area contributed by atoms with Crippen LogP contribution in [-0.4, -0.2) is 28.9 Å². The highest BCUT2D eigenvalue weighted by Gasteiger charge is 2.21. The molecular weight excluding hydrogens is 224 g/mol. The van der Waals surface area contributed by atoms with Crippen molar-refractivity contribution >= 4 is 11.8 Å². The molecule has 0 saturated heterocycles. The Bertz CT molecular complexity index is 327. The van der Waals surface area contributed by atoms with Gasteiger partial charge in [-0.15, -0.1) is 0 Å². The average molecular weight is 244 g/mol. The Morgan fingerprint density at radius 3 is 2.75 bits per heavy atom. The maximum absolute atomic E-state index is 5.58. The van der Waals surface area contributed by atoms with Crippen LogP contribution in [0.25, 0.3) is 0 Å². The maximum Gasteiger partial charge on any atom is 0.161 e. The highest BCUT2D eigenvalue weighted by Crippen LogP contribution is 2.28. The molecule has 0 saturated carbocycles. The number of hydrazine groups is 1. The molecule has 0 aliphatic carbocycles. The summed E-state index contributed by atoms with van der Waals surface area (Å²) in [5.41, 5.74) is 3.82. The van der Waals surface area contributed by atoms with Gasteiger partial charge in [-0.3, -0.25) is 16.0 Å². The molecule has 1 atom stereocenters. The van der Waals surface area contributed by atoms with E-state index >= 15 is 0 Å². The summed E-state index contributed by atoms with van der Waals surface area (Å²) in [6.45, 7) is 4.17. The highest BCUT2D eigenvalue weighted by atomic mass is 32.2. The van der Waals surface area contributed by atoms with Crippen molar-refractivity contribution in [1.29, 1.82) is 0 Å². The highest BCUT2D eigenvalue weighted by molar-refractivity contribution is 7.98. The molecule has 6 heteroatoms. The van der Waals surface area contributed by atoms with Crippen LogP contribution in [0.4, 0.5) is 0 Å². The molecule has 1 heterocycles. The molecular formula is C10H20N4OS. The van der Waals surface area contributed by atoms with E-state index in [4.69, 9.17) is 10.6 Å². The molecule has 3 N–H and O–H groups in total. The number of nitrogens with two attached hydrogens (primary N) is 1. The molecule has 92 valence electrons. The number of aromatic nitrogens is 2. The Morgan fingerprint density at radius 2 is 2.31 bits per heavy atom. The Labute approximate surface area is 101 Å². The second-order valence-electron chi connectivity index (χ2n) is 3.81. The Morgan fingerprint density at radius 1 is 1.62 bits per heavy atom. The van der Waals surface area contributed by atoms with E-state index in [0.717, 1.165) is 17.2 Å². The second kappa shape index (κ2) is 6.12. The van der Waals surface area contributed by atoms with Crippen molar-refractivity contribution in [2.24, 2.45) is 5.84 Å². The zero-order valence-corrected chi connectivity index (χ0v) is 11.0. The third-order valence-corrected chi connectivity index (χ3v) is 3.04. The predicted molar refractivity (Wildman–Crippen MR) is 67.6 cm³/mol. The van der Waals surface area contributed by atoms with Crippen molar-refractivity contribution in [2.75, 3.05) is 19.1 Å². The van der Waals surface area contributed by atoms with Crippen LogP contribution in [0.15, 0.2) is 6.20 Å². The standard InChI is InChI=1S/C10H20N4OS/c1-7(2)14-10(8(13-11)6-16-4)9(15-3)5-12-14/h5,7-8,13H,6,11H2,1-4H3. The Balaban J connectivity index is 3.09. The van der Waals surface area contributed by atoms with E-state index in [0.29, 0.717) is 0 Å². The van der Waals surface area contributed by atoms with Crippen molar-refractivity contribution in [3.8, 4) is 5.75 Å². The summed E-state index contributed by atoms with van der Waals surface area (Å²) < 4.78 is 7.26. The molecule has 0 amide bonds. The molecule has 5 nitrogen and oxygen atoms in total. The molecule has 0 aromatic carbocycles. The van der Waals surface area contributed by atoms with E-state index in [9.17, 15) is 0 Å². The van der Waals surface area contributed by atoms with E-state index in [-0.39, 0.29) is 12.1 Å². The smallest absolute Gasteiger partial charge is 0.161 e. The number of ether oxygens (including phenoxy) is 1. The van der Waals surface area contributed by atoms with E-state index in [1.165, 1.54) is 0 Å². The quantitative estimate of drug-likeness (QED) is 0.584. The van der Waals surface area contributed by atoms with E-state index < -0.39 is 0 Å². The molecule has 0 radical (unpaired) electrons. The van der Waals surface area contributed by atoms with Crippen LogP contribution in [-0.2, 0) is 0 Å². The second-order valence-corrected chi connectivity index (χ2v) is 4.72. The largest absolute Gasteiger partial charge is 0.493 e. The number of methoxy groups -OCH3 is 1. The summed E-state index contributed by atoms with van der Waals surface area (Å²) in [6.07, 6.45) is 3.78. The van der Waals surface area contributed by atoms with Gasteiger partial charge in [0.2, 0.25) is 0 Å². The molecule has 1 aromatic rings. The summed E-state index contributed by atoms with van der Waals surface area (Å²) in [5.74, 6) is 7.25. The third kappa shape index (κ3) is 2.69. The van der Waals surface area contributed by atoms with Gasteiger partial charge in [0.05, 0.1) is 25.0 Å². The van der Waals surface area contributed by atoms with Gasteiger partial charge in [-0.25, -0.2) is 0 Å². The van der Waals surface area contributed by atoms with Gasteiger partial charge in [-0.1, -0.05) is 0 Å². The van der Waals surface area contributed by atoms with E-state index in [2.05, 4.69) is 24.4 Å². The third-order valence-electron chi connectivity index (χ3n) is 2.37. The lowest BCUT2D eigenvalue weighted by atomic mass is 10.2. The number of rotatable bonds is 6. The Kier molecular flexibility index (Phi) is 5.11. The van der Waals surface area contributed by atoms with Gasteiger partial charge in [0.25, 0.3) is 0 Å². The van der Waals surface area contributed by atoms with Gasteiger partial charge in [-0.05, 0) is 20.1 Å². The van der Waals surface area contributed by atoms with Gasteiger partial charge in [0.1, 0.15) is 0 Å². The van der Waals surface area contributed by atoms with Crippen LogP contribution in [0.1, 0.15) is 31.6 Å². The van der Waals surface area contributed by atoms with Crippen LogP contribution in [0.5, 0.6) is 5.75 Å². The summed E-state index contributed by atoms with van der Waals surface area (Å²) in [4.78, 5) is 0. The van der Waals surface area contributed by atoms with E-state index in [1.54, 1.807) is 25.1 Å². The van der Waals surface area contributed by atoms with Gasteiger partial charge in [0, 0.05) is 11.8 Å². The lowest BCUT2D eigenvalue weighted by molar-refractivity contribution is 0.391. The number of nitrogens with one attached hydrogen (secondary N) is 1. The fourth-order valence-corrected chi connectivity index (χ4v) is 2.22. The molecule has 16 heavy (non-hydrogen) atoms. The molecule has 0 fully saturated rings. The zero-order chi connectivity index (χ0) is 12.1. The molecule has 1 rings (SSSR count). The van der Waals surface area contributed by atoms with Crippen molar-refractivity contribution in [1.82, 2.24) is 15.2 Å². The van der Waals surface area contributed by atoms with Crippen molar-refractivity contribution in [3.05, 3.63) is 11.9 Å². The van der Waals surface area contributed by atoms with Crippen molar-refractivity contribution in [2.45, 2.75) is 25.9 Å². The minimum atomic E-state index is 0.0508. The molecule has 0 spiro atoms. The van der Waals surface area contributed by atoms with Crippen molar-refractivity contribution in [3.63, 3.8) is 0 Å². The Hall–Kier alpha value is -0.720. The minimum absolute atomic E-state index is 0.0508. The maximum atomic E-state index is 5.58. The molecule has 0 aliphatic rings. The van der Waals surface area contributed by atoms with Crippen LogP contribution in [0, 0.1) is 0 Å². The monoisotopic (exact) mass is 244 g/mol. The van der Waals surface area contributed by atoms with Crippen LogP contribution < -0.4 is 16.0 Å². The van der Waals surface area contributed by atoms with E-state index in [1.807, 2.05) is 10.9 Å². The SMILES string of the molecule is COc1cnn(C(C)C)c1C(CSC)NN. The average Bonchev–Trinajstić information content (AvgIpc) is 2.69. The van der Waals surface area contributed by atoms with Crippen molar-refractivity contribution < 1.29 is 4.74 Å². The van der Waals surface area contributed by atoms with Crippen LogP contribution in [0.2, 0.25) is 0 Å². The fourth-order valence-electron chi connectivity index (χ4n) is 1.63. The first-order valence-electron chi connectivity index (χ1n) is 5.22. The molecule has 0 aliphatic heterocycles. The topological polar surface area (TPSA) is 65.1 Å². The molecule has 0 bridgehead atoms. The van der Waals surface area contributed by atoms with Gasteiger partial charge in [-0.2, -0.15) is 16.9 Å². The number of nitrogens with zero attached hydrogens (tertiary/aromatic N) is 2. The van der Waals surface area contributed by atoms with Gasteiger partial charge in [0.15, 0.2) is 5.75 Å². The summed E-state index contributed by atoms with van der Waals surface area (Å²) in [5, 5.41) is 4.32. The lowest BCUT2D eigenvalue weighted by Crippen LogP contribution is -2.32. The van der Waals surface area contributed by atoms with Gasteiger partial charge >= 0.3 is 0 Å². The summed E-state index contributed by atoms with van der Waals surface area (Å²) >= 11 is 1.73. The predicted octanol–water partition coefficient (Wildman–Crippen LogP) is 1.34. The van der Waals surface area contributed by atoms with Crippen LogP contribution in [0.3, 0.4) is 0 Å². The summed E-state index contributed by atoms with van der Waals surface area (Å²) in [6, 6.07) is 0.339. The van der Waals surface area contributed by atoms with Crippen LogP contribution >= 0.6 is 11.8 Å². The van der Waals surface area contributed by atoms with Gasteiger partial charge < -0.3 is 4.74 Å². The normalized spacial score (nSPS) is 13.1. The molecule has 1 unspecified atom stereocenters. The first kappa shape index (κ1) is 13.3. The number of thioether (sulfide) groups is 1.